The largest absolute Gasteiger partial charge is 0.492 e. The molecule has 0 saturated carbocycles. The van der Waals surface area contributed by atoms with Crippen LogP contribution in [-0.4, -0.2) is 31.6 Å². The molecular weight excluding hydrogens is 380 g/mol. The zero-order valence-electron chi connectivity index (χ0n) is 16.8. The summed E-state index contributed by atoms with van der Waals surface area (Å²) in [5.74, 6) is 0.515. The van der Waals surface area contributed by atoms with Gasteiger partial charge in [0, 0.05) is 5.69 Å². The van der Waals surface area contributed by atoms with Gasteiger partial charge < -0.3 is 20.1 Å². The predicted octanol–water partition coefficient (Wildman–Crippen LogP) is 3.82. The fourth-order valence-corrected chi connectivity index (χ4v) is 2.76. The van der Waals surface area contributed by atoms with Gasteiger partial charge in [0.1, 0.15) is 18.1 Å². The molecule has 0 aliphatic heterocycles. The topological polar surface area (TPSA) is 76.7 Å². The SMILES string of the molecule is Cc1cccc(OCCNC(=O)COc2ccccc2C(=O)Nc2ccccc2)c1. The van der Waals surface area contributed by atoms with E-state index in [0.29, 0.717) is 30.2 Å². The van der Waals surface area contributed by atoms with Gasteiger partial charge in [-0.15, -0.1) is 0 Å². The minimum Gasteiger partial charge on any atom is -0.492 e. The lowest BCUT2D eigenvalue weighted by Crippen LogP contribution is -2.32. The lowest BCUT2D eigenvalue weighted by atomic mass is 10.2. The van der Waals surface area contributed by atoms with E-state index < -0.39 is 0 Å². The van der Waals surface area contributed by atoms with E-state index in [1.165, 1.54) is 0 Å². The summed E-state index contributed by atoms with van der Waals surface area (Å²) in [5.41, 5.74) is 2.15. The van der Waals surface area contributed by atoms with Crippen LogP contribution in [0.15, 0.2) is 78.9 Å². The van der Waals surface area contributed by atoms with Crippen LogP contribution in [0.2, 0.25) is 0 Å². The Labute approximate surface area is 175 Å². The van der Waals surface area contributed by atoms with Crippen molar-refractivity contribution in [2.75, 3.05) is 25.1 Å². The summed E-state index contributed by atoms with van der Waals surface area (Å²) in [5, 5.41) is 5.55. The summed E-state index contributed by atoms with van der Waals surface area (Å²) in [6.45, 7) is 2.50. The molecule has 0 radical (unpaired) electrons. The number of nitrogens with one attached hydrogen (secondary N) is 2. The molecule has 0 fully saturated rings. The monoisotopic (exact) mass is 404 g/mol. The number of benzene rings is 3. The minimum absolute atomic E-state index is 0.194. The molecular formula is C24H24N2O4. The molecule has 0 spiro atoms. The van der Waals surface area contributed by atoms with Gasteiger partial charge in [-0.05, 0) is 48.9 Å². The molecule has 0 atom stereocenters. The van der Waals surface area contributed by atoms with Crippen LogP contribution in [0.4, 0.5) is 5.69 Å². The van der Waals surface area contributed by atoms with Gasteiger partial charge in [0.05, 0.1) is 12.1 Å². The van der Waals surface area contributed by atoms with Crippen molar-refractivity contribution in [3.05, 3.63) is 90.0 Å². The van der Waals surface area contributed by atoms with E-state index in [1.807, 2.05) is 49.4 Å². The third kappa shape index (κ3) is 6.38. The number of anilines is 1. The Morgan fingerprint density at radius 3 is 2.43 bits per heavy atom. The molecule has 0 aromatic heterocycles. The summed E-state index contributed by atoms with van der Waals surface area (Å²) in [6, 6.07) is 23.7. The normalized spacial score (nSPS) is 10.2. The molecule has 154 valence electrons. The van der Waals surface area contributed by atoms with Crippen LogP contribution >= 0.6 is 0 Å². The van der Waals surface area contributed by atoms with Crippen LogP contribution in [0.1, 0.15) is 15.9 Å². The minimum atomic E-state index is -0.302. The Kier molecular flexibility index (Phi) is 7.44. The highest BCUT2D eigenvalue weighted by Crippen LogP contribution is 2.19. The van der Waals surface area contributed by atoms with Gasteiger partial charge in [-0.2, -0.15) is 0 Å². The van der Waals surface area contributed by atoms with Crippen molar-refractivity contribution < 1.29 is 19.1 Å². The number of amides is 2. The number of para-hydroxylation sites is 2. The third-order valence-corrected chi connectivity index (χ3v) is 4.20. The Hall–Kier alpha value is -3.80. The van der Waals surface area contributed by atoms with E-state index in [0.717, 1.165) is 11.3 Å². The van der Waals surface area contributed by atoms with Crippen LogP contribution in [-0.2, 0) is 4.79 Å². The Bertz CT molecular complexity index is 989. The van der Waals surface area contributed by atoms with Gasteiger partial charge >= 0.3 is 0 Å². The average Bonchev–Trinajstić information content (AvgIpc) is 2.76. The zero-order chi connectivity index (χ0) is 21.2. The van der Waals surface area contributed by atoms with E-state index in [9.17, 15) is 9.59 Å². The molecule has 0 aliphatic carbocycles. The predicted molar refractivity (Wildman–Crippen MR) is 116 cm³/mol. The molecule has 0 saturated heterocycles. The van der Waals surface area contributed by atoms with Gasteiger partial charge in [0.15, 0.2) is 6.61 Å². The fraction of sp³-hybridized carbons (Fsp3) is 0.167. The number of aryl methyl sites for hydroxylation is 1. The number of carbonyl (C=O) groups is 2. The van der Waals surface area contributed by atoms with E-state index >= 15 is 0 Å². The first-order valence-electron chi connectivity index (χ1n) is 9.66. The van der Waals surface area contributed by atoms with Gasteiger partial charge in [-0.1, -0.05) is 42.5 Å². The van der Waals surface area contributed by atoms with E-state index in [1.54, 1.807) is 36.4 Å². The molecule has 30 heavy (non-hydrogen) atoms. The standard InChI is InChI=1S/C24H24N2O4/c1-18-8-7-11-20(16-18)29-15-14-25-23(27)17-30-22-13-6-5-12-21(22)24(28)26-19-9-3-2-4-10-19/h2-13,16H,14-15,17H2,1H3,(H,25,27)(H,26,28). The molecule has 6 nitrogen and oxygen atoms in total. The highest BCUT2D eigenvalue weighted by atomic mass is 16.5. The Balaban J connectivity index is 1.46. The van der Waals surface area contributed by atoms with Crippen LogP contribution < -0.4 is 20.1 Å². The summed E-state index contributed by atoms with van der Waals surface area (Å²) in [6.07, 6.45) is 0. The molecule has 0 bridgehead atoms. The quantitative estimate of drug-likeness (QED) is 0.532. The molecule has 0 unspecified atom stereocenters. The second kappa shape index (κ2) is 10.7. The van der Waals surface area contributed by atoms with Gasteiger partial charge in [-0.3, -0.25) is 9.59 Å². The molecule has 3 aromatic carbocycles. The van der Waals surface area contributed by atoms with Crippen molar-refractivity contribution >= 4 is 17.5 Å². The first-order chi connectivity index (χ1) is 14.6. The maximum Gasteiger partial charge on any atom is 0.259 e. The summed E-state index contributed by atoms with van der Waals surface area (Å²) in [4.78, 5) is 24.6. The van der Waals surface area contributed by atoms with Crippen LogP contribution in [0.3, 0.4) is 0 Å². The number of rotatable bonds is 9. The van der Waals surface area contributed by atoms with E-state index in [2.05, 4.69) is 10.6 Å². The number of carbonyl (C=O) groups excluding carboxylic acids is 2. The molecule has 3 rings (SSSR count). The van der Waals surface area contributed by atoms with Crippen LogP contribution in [0.5, 0.6) is 11.5 Å². The molecule has 6 heteroatoms. The second-order valence-electron chi connectivity index (χ2n) is 6.62. The molecule has 2 amide bonds. The Morgan fingerprint density at radius 2 is 1.63 bits per heavy atom. The van der Waals surface area contributed by atoms with Crippen molar-refractivity contribution in [1.82, 2.24) is 5.32 Å². The van der Waals surface area contributed by atoms with Crippen molar-refractivity contribution in [2.45, 2.75) is 6.92 Å². The van der Waals surface area contributed by atoms with Crippen molar-refractivity contribution in [1.29, 1.82) is 0 Å². The first-order valence-corrected chi connectivity index (χ1v) is 9.66. The summed E-state index contributed by atoms with van der Waals surface area (Å²) in [7, 11) is 0. The molecule has 2 N–H and O–H groups in total. The van der Waals surface area contributed by atoms with Gasteiger partial charge in [-0.25, -0.2) is 0 Å². The highest BCUT2D eigenvalue weighted by Gasteiger charge is 2.13. The summed E-state index contributed by atoms with van der Waals surface area (Å²) < 4.78 is 11.2. The maximum atomic E-state index is 12.5. The van der Waals surface area contributed by atoms with E-state index in [4.69, 9.17) is 9.47 Å². The van der Waals surface area contributed by atoms with E-state index in [-0.39, 0.29) is 18.4 Å². The number of ether oxygens (including phenoxy) is 2. The average molecular weight is 404 g/mol. The first kappa shape index (κ1) is 20.9. The fourth-order valence-electron chi connectivity index (χ4n) is 2.76. The zero-order valence-corrected chi connectivity index (χ0v) is 16.8. The smallest absolute Gasteiger partial charge is 0.259 e. The lowest BCUT2D eigenvalue weighted by Gasteiger charge is -2.12. The van der Waals surface area contributed by atoms with Crippen molar-refractivity contribution in [2.24, 2.45) is 0 Å². The molecule has 0 heterocycles. The third-order valence-electron chi connectivity index (χ3n) is 4.20. The summed E-state index contributed by atoms with van der Waals surface area (Å²) >= 11 is 0. The molecule has 0 aliphatic rings. The molecule has 3 aromatic rings. The number of hydrogen-bond acceptors (Lipinski definition) is 4. The van der Waals surface area contributed by atoms with Crippen molar-refractivity contribution in [3.8, 4) is 11.5 Å². The number of hydrogen-bond donors (Lipinski definition) is 2. The lowest BCUT2D eigenvalue weighted by molar-refractivity contribution is -0.123. The maximum absolute atomic E-state index is 12.5. The van der Waals surface area contributed by atoms with Crippen LogP contribution in [0.25, 0.3) is 0 Å². The van der Waals surface area contributed by atoms with Gasteiger partial charge in [0.2, 0.25) is 0 Å². The van der Waals surface area contributed by atoms with Crippen LogP contribution in [0, 0.1) is 6.92 Å². The highest BCUT2D eigenvalue weighted by molar-refractivity contribution is 6.06. The Morgan fingerprint density at radius 1 is 0.867 bits per heavy atom. The van der Waals surface area contributed by atoms with Gasteiger partial charge in [0.25, 0.3) is 11.8 Å². The van der Waals surface area contributed by atoms with Crippen molar-refractivity contribution in [3.63, 3.8) is 0 Å². The second-order valence-corrected chi connectivity index (χ2v) is 6.62.